The Morgan fingerprint density at radius 2 is 1.92 bits per heavy atom. The van der Waals surface area contributed by atoms with Crippen molar-refractivity contribution >= 4 is 5.69 Å². The van der Waals surface area contributed by atoms with Crippen molar-refractivity contribution in [3.8, 4) is 5.75 Å². The third kappa shape index (κ3) is 3.32. The van der Waals surface area contributed by atoms with E-state index in [9.17, 15) is 20.0 Å². The largest absolute Gasteiger partial charge is 0.507 e. The molecule has 1 aromatic heterocycles. The van der Waals surface area contributed by atoms with Gasteiger partial charge in [0, 0.05) is 30.5 Å². The fourth-order valence-corrected chi connectivity index (χ4v) is 3.19. The number of aromatic hydroxyl groups is 1. The quantitative estimate of drug-likeness (QED) is 0.687. The first-order valence-corrected chi connectivity index (χ1v) is 8.16. The molecule has 24 heavy (non-hydrogen) atoms. The molecular formula is C18H19NO5. The highest BCUT2D eigenvalue weighted by atomic mass is 16.6. The lowest BCUT2D eigenvalue weighted by molar-refractivity contribution is -0.384. The van der Waals surface area contributed by atoms with Crippen molar-refractivity contribution in [1.82, 2.24) is 0 Å². The van der Waals surface area contributed by atoms with E-state index in [0.717, 1.165) is 31.2 Å². The molecule has 0 aliphatic heterocycles. The highest BCUT2D eigenvalue weighted by molar-refractivity contribution is 5.44. The summed E-state index contributed by atoms with van der Waals surface area (Å²) in [4.78, 5) is 22.7. The van der Waals surface area contributed by atoms with Crippen LogP contribution in [0.5, 0.6) is 5.75 Å². The van der Waals surface area contributed by atoms with E-state index in [1.807, 2.05) is 0 Å². The second-order valence-corrected chi connectivity index (χ2v) is 6.14. The molecule has 1 aliphatic carbocycles. The summed E-state index contributed by atoms with van der Waals surface area (Å²) >= 11 is 0. The second-order valence-electron chi connectivity index (χ2n) is 6.14. The van der Waals surface area contributed by atoms with E-state index in [2.05, 4.69) is 0 Å². The number of benzene rings is 1. The first-order valence-electron chi connectivity index (χ1n) is 8.16. The topological polar surface area (TPSA) is 93.6 Å². The number of hydrogen-bond donors (Lipinski definition) is 1. The normalized spacial score (nSPS) is 14.5. The lowest BCUT2D eigenvalue weighted by Crippen LogP contribution is -2.14. The van der Waals surface area contributed by atoms with E-state index in [0.29, 0.717) is 24.2 Å². The minimum absolute atomic E-state index is 0.00495. The average Bonchev–Trinajstić information content (AvgIpc) is 2.54. The zero-order chi connectivity index (χ0) is 17.1. The smallest absolute Gasteiger partial charge is 0.343 e. The Kier molecular flexibility index (Phi) is 4.64. The summed E-state index contributed by atoms with van der Waals surface area (Å²) in [7, 11) is 0. The van der Waals surface area contributed by atoms with E-state index in [-0.39, 0.29) is 23.4 Å². The van der Waals surface area contributed by atoms with Gasteiger partial charge in [-0.3, -0.25) is 10.1 Å². The van der Waals surface area contributed by atoms with E-state index in [1.165, 1.54) is 12.1 Å². The summed E-state index contributed by atoms with van der Waals surface area (Å²) in [5, 5.41) is 21.5. The van der Waals surface area contributed by atoms with Crippen LogP contribution in [0.25, 0.3) is 0 Å². The van der Waals surface area contributed by atoms with E-state index in [1.54, 1.807) is 12.1 Å². The molecule has 0 bridgehead atoms. The van der Waals surface area contributed by atoms with E-state index >= 15 is 0 Å². The fraction of sp³-hybridized carbons (Fsp3) is 0.389. The van der Waals surface area contributed by atoms with Crippen LogP contribution in [0.1, 0.15) is 48.1 Å². The van der Waals surface area contributed by atoms with Gasteiger partial charge < -0.3 is 9.52 Å². The van der Waals surface area contributed by atoms with Gasteiger partial charge in [-0.1, -0.05) is 25.0 Å². The van der Waals surface area contributed by atoms with Crippen LogP contribution >= 0.6 is 0 Å². The number of non-ortho nitro benzene ring substituents is 1. The monoisotopic (exact) mass is 329 g/mol. The molecule has 6 heteroatoms. The standard InChI is InChI=1S/C18H19NO5/c20-17-14-8-3-1-2-4-9-16(14)24-18(21)15(17)11-12-6-5-7-13(10-12)19(22)23/h5-7,10,20H,1-4,8-9,11H2. The molecule has 0 saturated heterocycles. The summed E-state index contributed by atoms with van der Waals surface area (Å²) in [6, 6.07) is 6.07. The van der Waals surface area contributed by atoms with Crippen molar-refractivity contribution in [1.29, 1.82) is 0 Å². The minimum atomic E-state index is -0.557. The SMILES string of the molecule is O=c1oc2c(c(O)c1Cc1cccc([N+](=O)[O-])c1)CCCCCC2. The Morgan fingerprint density at radius 1 is 1.17 bits per heavy atom. The van der Waals surface area contributed by atoms with Gasteiger partial charge in [0.05, 0.1) is 10.5 Å². The zero-order valence-corrected chi connectivity index (χ0v) is 13.3. The molecule has 0 fully saturated rings. The minimum Gasteiger partial charge on any atom is -0.507 e. The molecule has 0 atom stereocenters. The Balaban J connectivity index is 1.99. The van der Waals surface area contributed by atoms with Gasteiger partial charge in [0.1, 0.15) is 11.5 Å². The Hall–Kier alpha value is -2.63. The first-order chi connectivity index (χ1) is 11.6. The third-order valence-electron chi connectivity index (χ3n) is 4.45. The van der Waals surface area contributed by atoms with Gasteiger partial charge in [-0.15, -0.1) is 0 Å². The first kappa shape index (κ1) is 16.2. The van der Waals surface area contributed by atoms with Gasteiger partial charge in [-0.2, -0.15) is 0 Å². The molecule has 1 aromatic carbocycles. The predicted molar refractivity (Wildman–Crippen MR) is 88.4 cm³/mol. The fourth-order valence-electron chi connectivity index (χ4n) is 3.19. The van der Waals surface area contributed by atoms with Crippen molar-refractivity contribution in [3.05, 3.63) is 67.3 Å². The number of nitrogens with zero attached hydrogens (tertiary/aromatic N) is 1. The Bertz CT molecular complexity index is 825. The van der Waals surface area contributed by atoms with Gasteiger partial charge >= 0.3 is 5.63 Å². The molecule has 1 N–H and O–H groups in total. The summed E-state index contributed by atoms with van der Waals surface area (Å²) in [6.07, 6.45) is 5.55. The van der Waals surface area contributed by atoms with Crippen LogP contribution in [-0.2, 0) is 19.3 Å². The van der Waals surface area contributed by atoms with Crippen molar-refractivity contribution in [2.45, 2.75) is 44.9 Å². The molecule has 126 valence electrons. The molecule has 0 saturated carbocycles. The molecule has 1 aliphatic rings. The van der Waals surface area contributed by atoms with Crippen LogP contribution in [0.3, 0.4) is 0 Å². The van der Waals surface area contributed by atoms with Gasteiger partial charge in [-0.25, -0.2) is 4.79 Å². The predicted octanol–water partition coefficient (Wildman–Crippen LogP) is 3.50. The van der Waals surface area contributed by atoms with Crippen LogP contribution < -0.4 is 5.63 Å². The van der Waals surface area contributed by atoms with Gasteiger partial charge in [0.15, 0.2) is 0 Å². The number of nitro groups is 1. The van der Waals surface area contributed by atoms with Crippen LogP contribution in [-0.4, -0.2) is 10.0 Å². The van der Waals surface area contributed by atoms with Crippen LogP contribution in [0.15, 0.2) is 33.5 Å². The molecule has 3 rings (SSSR count). The van der Waals surface area contributed by atoms with Crippen LogP contribution in [0.2, 0.25) is 0 Å². The average molecular weight is 329 g/mol. The van der Waals surface area contributed by atoms with Crippen molar-refractivity contribution in [2.75, 3.05) is 0 Å². The van der Waals surface area contributed by atoms with Crippen molar-refractivity contribution < 1.29 is 14.4 Å². The van der Waals surface area contributed by atoms with Crippen LogP contribution in [0, 0.1) is 10.1 Å². The maximum absolute atomic E-state index is 12.3. The maximum atomic E-state index is 12.3. The molecular weight excluding hydrogens is 310 g/mol. The molecule has 6 nitrogen and oxygen atoms in total. The van der Waals surface area contributed by atoms with Gasteiger partial charge in [-0.05, 0) is 24.8 Å². The van der Waals surface area contributed by atoms with Crippen LogP contribution in [0.4, 0.5) is 5.69 Å². The van der Waals surface area contributed by atoms with E-state index in [4.69, 9.17) is 4.42 Å². The zero-order valence-electron chi connectivity index (χ0n) is 13.3. The molecule has 2 aromatic rings. The molecule has 0 spiro atoms. The Morgan fingerprint density at radius 3 is 2.67 bits per heavy atom. The lowest BCUT2D eigenvalue weighted by Gasteiger charge is -2.15. The molecule has 0 radical (unpaired) electrons. The molecule has 1 heterocycles. The molecule has 0 unspecified atom stereocenters. The van der Waals surface area contributed by atoms with Crippen molar-refractivity contribution in [2.24, 2.45) is 0 Å². The number of fused-ring (bicyclic) bond motifs is 1. The van der Waals surface area contributed by atoms with Gasteiger partial charge in [0.2, 0.25) is 0 Å². The second kappa shape index (κ2) is 6.86. The lowest BCUT2D eigenvalue weighted by atomic mass is 9.95. The summed E-state index contributed by atoms with van der Waals surface area (Å²) in [6.45, 7) is 0. The maximum Gasteiger partial charge on any atom is 0.343 e. The highest BCUT2D eigenvalue weighted by Crippen LogP contribution is 2.30. The van der Waals surface area contributed by atoms with Gasteiger partial charge in [0.25, 0.3) is 5.69 Å². The van der Waals surface area contributed by atoms with E-state index < -0.39 is 10.5 Å². The Labute approximate surface area is 138 Å². The van der Waals surface area contributed by atoms with Crippen molar-refractivity contribution in [3.63, 3.8) is 0 Å². The number of aryl methyl sites for hydroxylation is 1. The highest BCUT2D eigenvalue weighted by Gasteiger charge is 2.20. The summed E-state index contributed by atoms with van der Waals surface area (Å²) in [5.74, 6) is 0.578. The summed E-state index contributed by atoms with van der Waals surface area (Å²) in [5.41, 5.74) is 0.892. The number of rotatable bonds is 3. The number of nitro benzene ring substituents is 1. The summed E-state index contributed by atoms with van der Waals surface area (Å²) < 4.78 is 5.45. The third-order valence-corrected chi connectivity index (χ3v) is 4.45. The number of hydrogen-bond acceptors (Lipinski definition) is 5. The molecule has 0 amide bonds.